The fourth-order valence-corrected chi connectivity index (χ4v) is 1.97. The van der Waals surface area contributed by atoms with Crippen LogP contribution in [0.25, 0.3) is 0 Å². The maximum Gasteiger partial charge on any atom is 0.418 e. The van der Waals surface area contributed by atoms with Crippen LogP contribution < -0.4 is 8.37 Å². The van der Waals surface area contributed by atoms with Crippen molar-refractivity contribution in [3.8, 4) is 23.0 Å². The quantitative estimate of drug-likeness (QED) is 0.860. The van der Waals surface area contributed by atoms with E-state index in [0.717, 1.165) is 0 Å². The summed E-state index contributed by atoms with van der Waals surface area (Å²) in [6.45, 7) is 0. The molecular formula is C10H12N2O5S. The largest absolute Gasteiger partial charge is 0.503 e. The van der Waals surface area contributed by atoms with Crippen molar-refractivity contribution in [2.24, 2.45) is 14.1 Å². The van der Waals surface area contributed by atoms with E-state index < -0.39 is 11.4 Å². The zero-order valence-electron chi connectivity index (χ0n) is 9.73. The van der Waals surface area contributed by atoms with E-state index in [4.69, 9.17) is 8.37 Å². The topological polar surface area (TPSA) is 85.9 Å². The lowest BCUT2D eigenvalue weighted by Crippen LogP contribution is -2.07. The van der Waals surface area contributed by atoms with E-state index in [9.17, 15) is 14.4 Å². The van der Waals surface area contributed by atoms with Crippen molar-refractivity contribution in [2.45, 2.75) is 0 Å². The van der Waals surface area contributed by atoms with Crippen LogP contribution in [0.3, 0.4) is 0 Å². The number of hydrogen-bond acceptors (Lipinski definition) is 5. The zero-order valence-corrected chi connectivity index (χ0v) is 10.5. The number of rotatable bonds is 4. The Labute approximate surface area is 106 Å². The van der Waals surface area contributed by atoms with Gasteiger partial charge in [-0.1, -0.05) is 0 Å². The van der Waals surface area contributed by atoms with Crippen LogP contribution in [0.4, 0.5) is 0 Å². The first-order chi connectivity index (χ1) is 8.45. The lowest BCUT2D eigenvalue weighted by Gasteiger charge is -2.03. The number of aromatic hydroxyl groups is 2. The van der Waals surface area contributed by atoms with Crippen LogP contribution in [0.2, 0.25) is 0 Å². The molecular weight excluding hydrogens is 260 g/mol. The number of hydrogen-bond donors (Lipinski definition) is 2. The highest BCUT2D eigenvalue weighted by Gasteiger charge is 2.14. The molecule has 0 fully saturated rings. The molecule has 2 aromatic rings. The summed E-state index contributed by atoms with van der Waals surface area (Å²) in [6, 6.07) is 0. The van der Waals surface area contributed by atoms with E-state index in [2.05, 4.69) is 0 Å². The fraction of sp³-hybridized carbons (Fsp3) is 0.200. The van der Waals surface area contributed by atoms with Gasteiger partial charge >= 0.3 is 11.4 Å². The van der Waals surface area contributed by atoms with E-state index in [1.165, 1.54) is 24.8 Å². The average molecular weight is 272 g/mol. The Morgan fingerprint density at radius 1 is 0.944 bits per heavy atom. The second-order valence-corrected chi connectivity index (χ2v) is 4.46. The highest BCUT2D eigenvalue weighted by molar-refractivity contribution is 7.76. The maximum atomic E-state index is 11.5. The molecule has 2 aromatic heterocycles. The highest BCUT2D eigenvalue weighted by atomic mass is 32.2. The molecule has 0 saturated carbocycles. The molecule has 0 aliphatic heterocycles. The third kappa shape index (κ3) is 2.59. The first-order valence-electron chi connectivity index (χ1n) is 4.94. The summed E-state index contributed by atoms with van der Waals surface area (Å²) in [5.74, 6) is -0.226. The molecule has 0 amide bonds. The van der Waals surface area contributed by atoms with Crippen molar-refractivity contribution in [1.29, 1.82) is 0 Å². The van der Waals surface area contributed by atoms with Gasteiger partial charge in [0.2, 0.25) is 11.5 Å². The zero-order chi connectivity index (χ0) is 13.3. The number of aryl methyl sites for hydroxylation is 2. The van der Waals surface area contributed by atoms with Crippen LogP contribution in [0.1, 0.15) is 0 Å². The summed E-state index contributed by atoms with van der Waals surface area (Å²) in [5, 5.41) is 18.8. The van der Waals surface area contributed by atoms with Crippen molar-refractivity contribution in [2.75, 3.05) is 0 Å². The van der Waals surface area contributed by atoms with Crippen LogP contribution in [0, 0.1) is 0 Å². The fourth-order valence-electron chi connectivity index (χ4n) is 1.38. The van der Waals surface area contributed by atoms with E-state index in [-0.39, 0.29) is 23.0 Å². The highest BCUT2D eigenvalue weighted by Crippen LogP contribution is 2.30. The lowest BCUT2D eigenvalue weighted by atomic mass is 10.6. The molecule has 0 bridgehead atoms. The van der Waals surface area contributed by atoms with Crippen molar-refractivity contribution < 1.29 is 22.8 Å². The SMILES string of the molecule is Cn1cc(O)c(OS(=O)Oc2cn(C)cc2O)c1. The average Bonchev–Trinajstić information content (AvgIpc) is 2.71. The minimum absolute atomic E-state index is 0.0336. The summed E-state index contributed by atoms with van der Waals surface area (Å²) < 4.78 is 24.4. The standard InChI is InChI=1S/C10H12N2O5S/c1-11-3-7(13)9(5-11)16-18(15)17-10-6-12(2)4-8(10)14/h3-6,13-14H,1-2H3. The molecule has 2 heterocycles. The van der Waals surface area contributed by atoms with Gasteiger partial charge in [0.25, 0.3) is 0 Å². The molecule has 18 heavy (non-hydrogen) atoms. The number of nitrogens with zero attached hydrogens (tertiary/aromatic N) is 2. The van der Waals surface area contributed by atoms with E-state index in [1.54, 1.807) is 23.2 Å². The van der Waals surface area contributed by atoms with Gasteiger partial charge in [0.15, 0.2) is 11.5 Å². The first-order valence-corrected chi connectivity index (χ1v) is 5.94. The summed E-state index contributed by atoms with van der Waals surface area (Å²) in [4.78, 5) is 0. The van der Waals surface area contributed by atoms with Gasteiger partial charge in [0.05, 0.1) is 12.4 Å². The summed E-state index contributed by atoms with van der Waals surface area (Å²) in [7, 11) is 3.36. The third-order valence-electron chi connectivity index (χ3n) is 2.11. The van der Waals surface area contributed by atoms with Gasteiger partial charge < -0.3 is 27.7 Å². The number of aromatic nitrogens is 2. The van der Waals surface area contributed by atoms with Gasteiger partial charge in [0, 0.05) is 26.5 Å². The molecule has 98 valence electrons. The molecule has 7 nitrogen and oxygen atoms in total. The summed E-state index contributed by atoms with van der Waals surface area (Å²) in [5.41, 5.74) is 0. The van der Waals surface area contributed by atoms with Crippen molar-refractivity contribution in [3.63, 3.8) is 0 Å². The molecule has 0 unspecified atom stereocenters. The Morgan fingerprint density at radius 3 is 1.61 bits per heavy atom. The molecule has 0 radical (unpaired) electrons. The normalized spacial score (nSPS) is 10.8. The van der Waals surface area contributed by atoms with Crippen LogP contribution >= 0.6 is 0 Å². The van der Waals surface area contributed by atoms with Gasteiger partial charge in [-0.25, -0.2) is 0 Å². The monoisotopic (exact) mass is 272 g/mol. The minimum atomic E-state index is -2.16. The Kier molecular flexibility index (Phi) is 3.19. The second kappa shape index (κ2) is 4.65. The summed E-state index contributed by atoms with van der Waals surface area (Å²) >= 11 is -2.16. The molecule has 0 atom stereocenters. The van der Waals surface area contributed by atoms with E-state index in [0.29, 0.717) is 0 Å². The Balaban J connectivity index is 2.05. The van der Waals surface area contributed by atoms with Gasteiger partial charge in [-0.05, 0) is 0 Å². The molecule has 0 saturated heterocycles. The Hall–Kier alpha value is -2.09. The van der Waals surface area contributed by atoms with Gasteiger partial charge in [0.1, 0.15) is 0 Å². The molecule has 0 aromatic carbocycles. The van der Waals surface area contributed by atoms with Gasteiger partial charge in [-0.3, -0.25) is 0 Å². The van der Waals surface area contributed by atoms with Crippen molar-refractivity contribution >= 4 is 11.4 Å². The minimum Gasteiger partial charge on any atom is -0.503 e. The van der Waals surface area contributed by atoms with Crippen molar-refractivity contribution in [3.05, 3.63) is 24.8 Å². The second-order valence-electron chi connectivity index (χ2n) is 3.72. The van der Waals surface area contributed by atoms with Gasteiger partial charge in [-0.2, -0.15) is 4.21 Å². The third-order valence-corrected chi connectivity index (χ3v) is 2.75. The molecule has 0 aliphatic carbocycles. The predicted octanol–water partition coefficient (Wildman–Crippen LogP) is 0.811. The van der Waals surface area contributed by atoms with Crippen LogP contribution in [-0.2, 0) is 25.5 Å². The molecule has 0 aliphatic rings. The van der Waals surface area contributed by atoms with E-state index >= 15 is 0 Å². The van der Waals surface area contributed by atoms with E-state index in [1.807, 2.05) is 0 Å². The molecule has 2 rings (SSSR count). The van der Waals surface area contributed by atoms with Crippen LogP contribution in [-0.4, -0.2) is 23.6 Å². The predicted molar refractivity (Wildman–Crippen MR) is 63.6 cm³/mol. The molecule has 2 N–H and O–H groups in total. The van der Waals surface area contributed by atoms with Crippen LogP contribution in [0.15, 0.2) is 24.8 Å². The Bertz CT molecular complexity index is 539. The smallest absolute Gasteiger partial charge is 0.418 e. The Morgan fingerprint density at radius 2 is 1.33 bits per heavy atom. The first kappa shape index (κ1) is 12.4. The maximum absolute atomic E-state index is 11.5. The van der Waals surface area contributed by atoms with Crippen molar-refractivity contribution in [1.82, 2.24) is 9.13 Å². The molecule has 8 heteroatoms. The van der Waals surface area contributed by atoms with Crippen LogP contribution in [0.5, 0.6) is 23.0 Å². The summed E-state index contributed by atoms with van der Waals surface area (Å²) in [6.07, 6.45) is 5.68. The molecule has 0 spiro atoms. The van der Waals surface area contributed by atoms with Gasteiger partial charge in [-0.15, -0.1) is 0 Å². The lowest BCUT2D eigenvalue weighted by molar-refractivity contribution is 0.408.